The number of hydrogen-bond donors (Lipinski definition) is 1. The smallest absolute Gasteiger partial charge is 0.161 e. The molecule has 0 fully saturated rings. The fourth-order valence-electron chi connectivity index (χ4n) is 2.33. The number of benzene rings is 1. The van der Waals surface area contributed by atoms with E-state index in [-0.39, 0.29) is 0 Å². The normalized spacial score (nSPS) is 23.2. The highest BCUT2D eigenvalue weighted by Gasteiger charge is 2.18. The van der Waals surface area contributed by atoms with Crippen molar-refractivity contribution in [2.45, 2.75) is 31.6 Å². The molecule has 2 unspecified atom stereocenters. The Labute approximate surface area is 117 Å². The molecule has 0 saturated carbocycles. The van der Waals surface area contributed by atoms with Gasteiger partial charge in [0.05, 0.1) is 23.4 Å². The van der Waals surface area contributed by atoms with Crippen LogP contribution in [0, 0.1) is 0 Å². The van der Waals surface area contributed by atoms with Gasteiger partial charge in [0.1, 0.15) is 0 Å². The summed E-state index contributed by atoms with van der Waals surface area (Å²) in [7, 11) is 0. The average molecular weight is 271 g/mol. The SMILES string of the molecule is CC1CC(C)SC(Nc2cnc3ccccc3c2)=N1. The molecule has 98 valence electrons. The van der Waals surface area contributed by atoms with Crippen LogP contribution in [0.2, 0.25) is 0 Å². The summed E-state index contributed by atoms with van der Waals surface area (Å²) < 4.78 is 0. The van der Waals surface area contributed by atoms with Crippen LogP contribution in [0.4, 0.5) is 5.69 Å². The Bertz CT molecular complexity index is 624. The molecule has 2 heterocycles. The van der Waals surface area contributed by atoms with Crippen LogP contribution >= 0.6 is 11.8 Å². The number of anilines is 1. The number of aromatic nitrogens is 1. The van der Waals surface area contributed by atoms with Gasteiger partial charge in [-0.2, -0.15) is 0 Å². The quantitative estimate of drug-likeness (QED) is 0.854. The number of fused-ring (bicyclic) bond motifs is 1. The molecule has 1 N–H and O–H groups in total. The highest BCUT2D eigenvalue weighted by molar-refractivity contribution is 8.14. The molecule has 1 aromatic carbocycles. The number of nitrogens with zero attached hydrogens (tertiary/aromatic N) is 2. The van der Waals surface area contributed by atoms with Crippen molar-refractivity contribution in [3.05, 3.63) is 36.5 Å². The van der Waals surface area contributed by atoms with E-state index in [2.05, 4.69) is 41.3 Å². The molecular weight excluding hydrogens is 254 g/mol. The number of nitrogens with one attached hydrogen (secondary N) is 1. The largest absolute Gasteiger partial charge is 0.334 e. The van der Waals surface area contributed by atoms with E-state index in [4.69, 9.17) is 0 Å². The third-order valence-corrected chi connectivity index (χ3v) is 4.19. The number of hydrogen-bond acceptors (Lipinski definition) is 4. The summed E-state index contributed by atoms with van der Waals surface area (Å²) in [6.45, 7) is 4.41. The number of para-hydroxylation sites is 1. The molecule has 4 heteroatoms. The standard InChI is InChI=1S/C15H17N3S/c1-10-7-11(2)19-15(17-10)18-13-8-12-5-3-4-6-14(12)16-9-13/h3-6,8-11H,7H2,1-2H3,(H,17,18). The highest BCUT2D eigenvalue weighted by Crippen LogP contribution is 2.26. The molecule has 3 nitrogen and oxygen atoms in total. The van der Waals surface area contributed by atoms with E-state index >= 15 is 0 Å². The first-order valence-electron chi connectivity index (χ1n) is 6.57. The molecule has 0 saturated heterocycles. The van der Waals surface area contributed by atoms with Crippen LogP contribution in [0.3, 0.4) is 0 Å². The third kappa shape index (κ3) is 2.89. The summed E-state index contributed by atoms with van der Waals surface area (Å²) >= 11 is 1.80. The number of rotatable bonds is 1. The molecule has 3 rings (SSSR count). The van der Waals surface area contributed by atoms with E-state index in [1.807, 2.05) is 24.4 Å². The second-order valence-electron chi connectivity index (χ2n) is 4.99. The number of pyridine rings is 1. The van der Waals surface area contributed by atoms with E-state index in [9.17, 15) is 0 Å². The van der Waals surface area contributed by atoms with Crippen molar-refractivity contribution < 1.29 is 0 Å². The first-order valence-corrected chi connectivity index (χ1v) is 7.45. The van der Waals surface area contributed by atoms with Gasteiger partial charge in [0.2, 0.25) is 0 Å². The molecule has 2 atom stereocenters. The van der Waals surface area contributed by atoms with Gasteiger partial charge in [-0.05, 0) is 25.5 Å². The van der Waals surface area contributed by atoms with E-state index in [0.717, 1.165) is 28.2 Å². The first kappa shape index (κ1) is 12.5. The predicted molar refractivity (Wildman–Crippen MR) is 83.9 cm³/mol. The highest BCUT2D eigenvalue weighted by atomic mass is 32.2. The minimum absolute atomic E-state index is 0.396. The number of aliphatic imine (C=N–C) groups is 1. The van der Waals surface area contributed by atoms with Crippen LogP contribution in [0.1, 0.15) is 20.3 Å². The maximum atomic E-state index is 4.65. The molecule has 1 aliphatic heterocycles. The van der Waals surface area contributed by atoms with Gasteiger partial charge >= 0.3 is 0 Å². The van der Waals surface area contributed by atoms with Gasteiger partial charge in [-0.15, -0.1) is 0 Å². The Morgan fingerprint density at radius 3 is 2.95 bits per heavy atom. The Balaban J connectivity index is 1.85. The minimum Gasteiger partial charge on any atom is -0.334 e. The van der Waals surface area contributed by atoms with Gasteiger partial charge in [0, 0.05) is 10.6 Å². The molecule has 0 bridgehead atoms. The Morgan fingerprint density at radius 2 is 2.11 bits per heavy atom. The van der Waals surface area contributed by atoms with E-state index in [1.165, 1.54) is 0 Å². The van der Waals surface area contributed by atoms with Crippen LogP contribution < -0.4 is 5.32 Å². The van der Waals surface area contributed by atoms with Gasteiger partial charge in [0.15, 0.2) is 5.17 Å². The molecule has 0 aliphatic carbocycles. The molecule has 2 aromatic rings. The monoisotopic (exact) mass is 271 g/mol. The fourth-order valence-corrected chi connectivity index (χ4v) is 3.50. The zero-order chi connectivity index (χ0) is 13.2. The van der Waals surface area contributed by atoms with Crippen molar-refractivity contribution in [1.29, 1.82) is 0 Å². The Hall–Kier alpha value is -1.55. The van der Waals surface area contributed by atoms with Crippen LogP contribution in [-0.2, 0) is 0 Å². The molecule has 0 radical (unpaired) electrons. The van der Waals surface area contributed by atoms with Crippen molar-refractivity contribution in [1.82, 2.24) is 4.98 Å². The summed E-state index contributed by atoms with van der Waals surface area (Å²) in [6.07, 6.45) is 3.02. The third-order valence-electron chi connectivity index (χ3n) is 3.17. The number of thioether (sulfide) groups is 1. The fraction of sp³-hybridized carbons (Fsp3) is 0.333. The summed E-state index contributed by atoms with van der Waals surface area (Å²) in [4.78, 5) is 9.11. The van der Waals surface area contributed by atoms with Crippen molar-refractivity contribution in [3.8, 4) is 0 Å². The van der Waals surface area contributed by atoms with Crippen LogP contribution in [0.15, 0.2) is 41.5 Å². The summed E-state index contributed by atoms with van der Waals surface area (Å²) in [5.41, 5.74) is 2.03. The van der Waals surface area contributed by atoms with Gasteiger partial charge in [-0.25, -0.2) is 0 Å². The molecular formula is C15H17N3S. The lowest BCUT2D eigenvalue weighted by molar-refractivity contribution is 0.661. The zero-order valence-corrected chi connectivity index (χ0v) is 11.9. The maximum absolute atomic E-state index is 4.65. The van der Waals surface area contributed by atoms with Crippen molar-refractivity contribution in [3.63, 3.8) is 0 Å². The van der Waals surface area contributed by atoms with Crippen molar-refractivity contribution >= 4 is 33.5 Å². The molecule has 0 amide bonds. The Kier molecular flexibility index (Phi) is 3.42. The van der Waals surface area contributed by atoms with Gasteiger partial charge < -0.3 is 5.32 Å². The minimum atomic E-state index is 0.396. The van der Waals surface area contributed by atoms with Crippen LogP contribution in [0.25, 0.3) is 10.9 Å². The topological polar surface area (TPSA) is 37.3 Å². The van der Waals surface area contributed by atoms with Gasteiger partial charge in [-0.3, -0.25) is 9.98 Å². The lowest BCUT2D eigenvalue weighted by Crippen LogP contribution is -2.22. The maximum Gasteiger partial charge on any atom is 0.161 e. The summed E-state index contributed by atoms with van der Waals surface area (Å²) in [6, 6.07) is 10.7. The van der Waals surface area contributed by atoms with Crippen molar-refractivity contribution in [2.75, 3.05) is 5.32 Å². The predicted octanol–water partition coefficient (Wildman–Crippen LogP) is 3.92. The first-order chi connectivity index (χ1) is 9.20. The summed E-state index contributed by atoms with van der Waals surface area (Å²) in [5, 5.41) is 6.15. The molecule has 1 aromatic heterocycles. The summed E-state index contributed by atoms with van der Waals surface area (Å²) in [5.74, 6) is 0. The van der Waals surface area contributed by atoms with Crippen molar-refractivity contribution in [2.24, 2.45) is 4.99 Å². The Morgan fingerprint density at radius 1 is 1.26 bits per heavy atom. The van der Waals surface area contributed by atoms with E-state index in [1.54, 1.807) is 11.8 Å². The molecule has 19 heavy (non-hydrogen) atoms. The van der Waals surface area contributed by atoms with Gasteiger partial charge in [0.25, 0.3) is 0 Å². The second kappa shape index (κ2) is 5.21. The van der Waals surface area contributed by atoms with Crippen LogP contribution in [-0.4, -0.2) is 21.4 Å². The van der Waals surface area contributed by atoms with E-state index < -0.39 is 0 Å². The van der Waals surface area contributed by atoms with Gasteiger partial charge in [-0.1, -0.05) is 36.9 Å². The lowest BCUT2D eigenvalue weighted by atomic mass is 10.2. The molecule has 1 aliphatic rings. The van der Waals surface area contributed by atoms with Crippen LogP contribution in [0.5, 0.6) is 0 Å². The average Bonchev–Trinajstić information content (AvgIpc) is 2.37. The number of amidine groups is 1. The lowest BCUT2D eigenvalue weighted by Gasteiger charge is -2.22. The zero-order valence-electron chi connectivity index (χ0n) is 11.1. The molecule has 0 spiro atoms. The van der Waals surface area contributed by atoms with E-state index in [0.29, 0.717) is 11.3 Å². The second-order valence-corrected chi connectivity index (χ2v) is 6.42.